The highest BCUT2D eigenvalue weighted by molar-refractivity contribution is 5.88. The standard InChI is InChI=1S/C20H39N5O4/c1-14(2)10-12-22-25-18(26)17(13-15-7-4-3-5-8-15)24-20(29)23-16(19(27)28)9-6-11-21/h14-17,22H,3-13,21H2,1-2H3,(H,25,26)(H,27,28)(H2,23,24,29)/t16-,17+/m0/s1. The predicted octanol–water partition coefficient (Wildman–Crippen LogP) is 1.48. The molecule has 0 saturated heterocycles. The Morgan fingerprint density at radius 3 is 2.28 bits per heavy atom. The van der Waals surface area contributed by atoms with Gasteiger partial charge in [0.1, 0.15) is 12.1 Å². The third-order valence-electron chi connectivity index (χ3n) is 5.27. The topological polar surface area (TPSA) is 146 Å². The Labute approximate surface area is 173 Å². The van der Waals surface area contributed by atoms with E-state index in [2.05, 4.69) is 35.3 Å². The molecule has 0 bridgehead atoms. The number of nitrogens with one attached hydrogen (secondary N) is 4. The number of hydrazine groups is 1. The van der Waals surface area contributed by atoms with Gasteiger partial charge in [0, 0.05) is 6.54 Å². The second-order valence-electron chi connectivity index (χ2n) is 8.33. The van der Waals surface area contributed by atoms with Gasteiger partial charge in [0.25, 0.3) is 5.91 Å². The van der Waals surface area contributed by atoms with E-state index in [1.165, 1.54) is 6.42 Å². The molecule has 0 spiro atoms. The van der Waals surface area contributed by atoms with Crippen LogP contribution in [0.2, 0.25) is 0 Å². The molecule has 1 rings (SSSR count). The van der Waals surface area contributed by atoms with Crippen molar-refractivity contribution in [2.45, 2.75) is 83.7 Å². The molecule has 1 aliphatic carbocycles. The van der Waals surface area contributed by atoms with Crippen molar-refractivity contribution in [1.29, 1.82) is 0 Å². The highest BCUT2D eigenvalue weighted by Gasteiger charge is 2.27. The Balaban J connectivity index is 2.64. The smallest absolute Gasteiger partial charge is 0.326 e. The van der Waals surface area contributed by atoms with Crippen LogP contribution in [0, 0.1) is 11.8 Å². The number of nitrogens with two attached hydrogens (primary N) is 1. The summed E-state index contributed by atoms with van der Waals surface area (Å²) in [5.41, 5.74) is 11.0. The van der Waals surface area contributed by atoms with E-state index in [1.54, 1.807) is 0 Å². The summed E-state index contributed by atoms with van der Waals surface area (Å²) in [5, 5.41) is 14.4. The zero-order chi connectivity index (χ0) is 21.6. The minimum atomic E-state index is -1.11. The first-order valence-electron chi connectivity index (χ1n) is 10.9. The van der Waals surface area contributed by atoms with Gasteiger partial charge in [-0.05, 0) is 44.1 Å². The zero-order valence-corrected chi connectivity index (χ0v) is 17.8. The molecule has 9 heteroatoms. The maximum absolute atomic E-state index is 12.6. The van der Waals surface area contributed by atoms with Gasteiger partial charge in [-0.2, -0.15) is 0 Å². The van der Waals surface area contributed by atoms with Gasteiger partial charge in [-0.3, -0.25) is 10.2 Å². The van der Waals surface area contributed by atoms with Crippen molar-refractivity contribution < 1.29 is 19.5 Å². The first kappa shape index (κ1) is 25.2. The molecule has 0 radical (unpaired) electrons. The molecule has 7 N–H and O–H groups in total. The lowest BCUT2D eigenvalue weighted by Gasteiger charge is -2.27. The molecule has 1 aliphatic rings. The largest absolute Gasteiger partial charge is 0.480 e. The maximum Gasteiger partial charge on any atom is 0.326 e. The number of hydrogen-bond donors (Lipinski definition) is 6. The molecule has 0 heterocycles. The van der Waals surface area contributed by atoms with Crippen LogP contribution in [0.5, 0.6) is 0 Å². The Hall–Kier alpha value is -1.87. The van der Waals surface area contributed by atoms with E-state index in [0.29, 0.717) is 37.8 Å². The number of amides is 3. The lowest BCUT2D eigenvalue weighted by atomic mass is 9.84. The van der Waals surface area contributed by atoms with E-state index in [0.717, 1.165) is 32.1 Å². The van der Waals surface area contributed by atoms with E-state index in [-0.39, 0.29) is 12.3 Å². The fourth-order valence-corrected chi connectivity index (χ4v) is 3.52. The molecule has 168 valence electrons. The molecule has 2 atom stereocenters. The average Bonchev–Trinajstić information content (AvgIpc) is 2.68. The van der Waals surface area contributed by atoms with E-state index < -0.39 is 24.1 Å². The highest BCUT2D eigenvalue weighted by atomic mass is 16.4. The van der Waals surface area contributed by atoms with Crippen molar-refractivity contribution in [3.05, 3.63) is 0 Å². The van der Waals surface area contributed by atoms with Gasteiger partial charge in [-0.25, -0.2) is 15.0 Å². The second kappa shape index (κ2) is 14.2. The molecule has 0 aromatic heterocycles. The van der Waals surface area contributed by atoms with Crippen LogP contribution in [0.25, 0.3) is 0 Å². The molecule has 0 aromatic rings. The summed E-state index contributed by atoms with van der Waals surface area (Å²) in [4.78, 5) is 36.4. The maximum atomic E-state index is 12.6. The third kappa shape index (κ3) is 11.0. The molecule has 3 amide bonds. The van der Waals surface area contributed by atoms with Gasteiger partial charge in [-0.1, -0.05) is 46.0 Å². The van der Waals surface area contributed by atoms with E-state index >= 15 is 0 Å². The zero-order valence-electron chi connectivity index (χ0n) is 17.8. The number of urea groups is 1. The number of carbonyl (C=O) groups excluding carboxylic acids is 2. The number of carbonyl (C=O) groups is 3. The van der Waals surface area contributed by atoms with E-state index in [4.69, 9.17) is 5.73 Å². The summed E-state index contributed by atoms with van der Waals surface area (Å²) in [6.07, 6.45) is 7.77. The second-order valence-corrected chi connectivity index (χ2v) is 8.33. The first-order chi connectivity index (χ1) is 13.8. The van der Waals surface area contributed by atoms with Gasteiger partial charge in [0.05, 0.1) is 0 Å². The van der Waals surface area contributed by atoms with Crippen molar-refractivity contribution in [2.24, 2.45) is 17.6 Å². The van der Waals surface area contributed by atoms with Crippen LogP contribution < -0.4 is 27.2 Å². The van der Waals surface area contributed by atoms with Crippen molar-refractivity contribution in [2.75, 3.05) is 13.1 Å². The van der Waals surface area contributed by atoms with Crippen LogP contribution in [-0.4, -0.2) is 48.2 Å². The quantitative estimate of drug-likeness (QED) is 0.199. The van der Waals surface area contributed by atoms with Crippen LogP contribution in [0.1, 0.15) is 71.6 Å². The Bertz CT molecular complexity index is 509. The molecular weight excluding hydrogens is 374 g/mol. The number of rotatable bonds is 13. The van der Waals surface area contributed by atoms with Gasteiger partial charge in [0.2, 0.25) is 0 Å². The molecule has 0 unspecified atom stereocenters. The normalized spacial score (nSPS) is 16.8. The first-order valence-corrected chi connectivity index (χ1v) is 10.9. The highest BCUT2D eigenvalue weighted by Crippen LogP contribution is 2.27. The predicted molar refractivity (Wildman–Crippen MR) is 112 cm³/mol. The Kier molecular flexibility index (Phi) is 12.3. The molecule has 0 aromatic carbocycles. The number of aliphatic carboxylic acids is 1. The summed E-state index contributed by atoms with van der Waals surface area (Å²) >= 11 is 0. The summed E-state index contributed by atoms with van der Waals surface area (Å²) in [6.45, 7) is 5.20. The van der Waals surface area contributed by atoms with Crippen molar-refractivity contribution >= 4 is 17.9 Å². The lowest BCUT2D eigenvalue weighted by Crippen LogP contribution is -2.55. The van der Waals surface area contributed by atoms with Gasteiger partial charge in [0.15, 0.2) is 0 Å². The molecule has 1 saturated carbocycles. The SMILES string of the molecule is CC(C)CCNNC(=O)[C@@H](CC1CCCCC1)NC(=O)N[C@@H](CCCN)C(=O)O. The van der Waals surface area contributed by atoms with E-state index in [1.807, 2.05) is 0 Å². The van der Waals surface area contributed by atoms with Crippen molar-refractivity contribution in [1.82, 2.24) is 21.5 Å². The van der Waals surface area contributed by atoms with Crippen molar-refractivity contribution in [3.8, 4) is 0 Å². The number of carboxylic acids is 1. The Morgan fingerprint density at radius 1 is 1.03 bits per heavy atom. The summed E-state index contributed by atoms with van der Waals surface area (Å²) < 4.78 is 0. The summed E-state index contributed by atoms with van der Waals surface area (Å²) in [5.74, 6) is -0.522. The monoisotopic (exact) mass is 413 g/mol. The van der Waals surface area contributed by atoms with Crippen LogP contribution in [0.3, 0.4) is 0 Å². The van der Waals surface area contributed by atoms with Crippen LogP contribution >= 0.6 is 0 Å². The summed E-state index contributed by atoms with van der Waals surface area (Å²) in [7, 11) is 0. The number of hydrogen-bond acceptors (Lipinski definition) is 5. The molecular formula is C20H39N5O4. The minimum absolute atomic E-state index is 0.246. The third-order valence-corrected chi connectivity index (χ3v) is 5.27. The lowest BCUT2D eigenvalue weighted by molar-refractivity contribution is -0.139. The summed E-state index contributed by atoms with van der Waals surface area (Å²) in [6, 6.07) is -2.39. The van der Waals surface area contributed by atoms with Crippen molar-refractivity contribution in [3.63, 3.8) is 0 Å². The fourth-order valence-electron chi connectivity index (χ4n) is 3.52. The Morgan fingerprint density at radius 2 is 1.69 bits per heavy atom. The fraction of sp³-hybridized carbons (Fsp3) is 0.850. The van der Waals surface area contributed by atoms with Crippen LogP contribution in [-0.2, 0) is 9.59 Å². The molecule has 29 heavy (non-hydrogen) atoms. The molecule has 9 nitrogen and oxygen atoms in total. The number of carboxylic acid groups (broad SMARTS) is 1. The van der Waals surface area contributed by atoms with Gasteiger partial charge in [-0.15, -0.1) is 0 Å². The van der Waals surface area contributed by atoms with Crippen LogP contribution in [0.15, 0.2) is 0 Å². The average molecular weight is 414 g/mol. The van der Waals surface area contributed by atoms with Gasteiger partial charge >= 0.3 is 12.0 Å². The molecule has 0 aliphatic heterocycles. The molecule has 1 fully saturated rings. The van der Waals surface area contributed by atoms with Crippen LogP contribution in [0.4, 0.5) is 4.79 Å². The van der Waals surface area contributed by atoms with E-state index in [9.17, 15) is 19.5 Å². The van der Waals surface area contributed by atoms with Gasteiger partial charge < -0.3 is 21.5 Å². The minimum Gasteiger partial charge on any atom is -0.480 e.